The van der Waals surface area contributed by atoms with Crippen molar-refractivity contribution in [2.24, 2.45) is 5.92 Å². The molecule has 4 heteroatoms. The second-order valence-electron chi connectivity index (χ2n) is 5.47. The number of carboxylic acids is 1. The zero-order valence-electron chi connectivity index (χ0n) is 10.8. The maximum Gasteiger partial charge on any atom is 0.307 e. The maximum absolute atomic E-state index is 11.2. The predicted molar refractivity (Wildman–Crippen MR) is 70.3 cm³/mol. The molecule has 1 aromatic heterocycles. The largest absolute Gasteiger partial charge is 0.481 e. The molecule has 4 rings (SSSR count). The lowest BCUT2D eigenvalue weighted by Gasteiger charge is -2.13. The van der Waals surface area contributed by atoms with Crippen LogP contribution < -0.4 is 0 Å². The van der Waals surface area contributed by atoms with E-state index >= 15 is 0 Å². The lowest BCUT2D eigenvalue weighted by molar-refractivity contribution is -0.141. The molecular weight excluding hydrogens is 256 g/mol. The Kier molecular flexibility index (Phi) is 2.47. The Balaban J connectivity index is 1.80. The molecule has 0 amide bonds. The number of ether oxygens (including phenoxy) is 1. The normalized spacial score (nSPS) is 23.6. The first-order valence-electron chi connectivity index (χ1n) is 6.74. The van der Waals surface area contributed by atoms with Gasteiger partial charge in [-0.2, -0.15) is 0 Å². The van der Waals surface area contributed by atoms with Gasteiger partial charge in [0.1, 0.15) is 6.10 Å². The Labute approximate surface area is 116 Å². The highest BCUT2D eigenvalue weighted by Crippen LogP contribution is 2.43. The van der Waals surface area contributed by atoms with Gasteiger partial charge in [0, 0.05) is 5.56 Å². The summed E-state index contributed by atoms with van der Waals surface area (Å²) in [6.07, 6.45) is 4.44. The van der Waals surface area contributed by atoms with Crippen LogP contribution in [0, 0.1) is 5.92 Å². The summed E-state index contributed by atoms with van der Waals surface area (Å²) in [7, 11) is 0. The molecule has 0 spiro atoms. The van der Waals surface area contributed by atoms with Gasteiger partial charge in [0.15, 0.2) is 0 Å². The number of hydrogen-bond acceptors (Lipinski definition) is 3. The van der Waals surface area contributed by atoms with E-state index in [0.29, 0.717) is 19.4 Å². The van der Waals surface area contributed by atoms with E-state index < -0.39 is 5.97 Å². The summed E-state index contributed by atoms with van der Waals surface area (Å²) < 4.78 is 11.0. The van der Waals surface area contributed by atoms with Crippen LogP contribution in [0.4, 0.5) is 0 Å². The van der Waals surface area contributed by atoms with Gasteiger partial charge in [0.05, 0.1) is 25.1 Å². The minimum absolute atomic E-state index is 0.119. The minimum Gasteiger partial charge on any atom is -0.481 e. The van der Waals surface area contributed by atoms with E-state index in [4.69, 9.17) is 9.15 Å². The van der Waals surface area contributed by atoms with Crippen molar-refractivity contribution in [1.29, 1.82) is 0 Å². The van der Waals surface area contributed by atoms with Crippen molar-refractivity contribution >= 4 is 5.97 Å². The maximum atomic E-state index is 11.2. The monoisotopic (exact) mass is 270 g/mol. The Hall–Kier alpha value is -2.07. The van der Waals surface area contributed by atoms with Gasteiger partial charge in [0.25, 0.3) is 0 Å². The molecule has 2 aliphatic rings. The predicted octanol–water partition coefficient (Wildman–Crippen LogP) is 2.70. The van der Waals surface area contributed by atoms with Gasteiger partial charge in [-0.1, -0.05) is 12.1 Å². The number of furan rings is 1. The van der Waals surface area contributed by atoms with Crippen molar-refractivity contribution in [3.63, 3.8) is 0 Å². The number of benzene rings is 1. The van der Waals surface area contributed by atoms with Crippen LogP contribution in [0.3, 0.4) is 0 Å². The molecule has 0 fully saturated rings. The lowest BCUT2D eigenvalue weighted by Crippen LogP contribution is -2.13. The Bertz CT molecular complexity index is 672. The molecule has 0 unspecified atom stereocenters. The van der Waals surface area contributed by atoms with Crippen LogP contribution in [0.15, 0.2) is 35.1 Å². The number of aliphatic carboxylic acids is 1. The minimum atomic E-state index is -0.714. The molecule has 2 atom stereocenters. The summed E-state index contributed by atoms with van der Waals surface area (Å²) >= 11 is 0. The molecule has 2 heterocycles. The third-order valence-electron chi connectivity index (χ3n) is 4.32. The van der Waals surface area contributed by atoms with E-state index in [1.54, 1.807) is 12.5 Å². The van der Waals surface area contributed by atoms with Gasteiger partial charge in [0.2, 0.25) is 0 Å². The number of rotatable bonds is 2. The first-order chi connectivity index (χ1) is 9.74. The van der Waals surface area contributed by atoms with Crippen LogP contribution in [-0.2, 0) is 29.0 Å². The molecule has 1 N–H and O–H groups in total. The van der Waals surface area contributed by atoms with E-state index in [-0.39, 0.29) is 12.0 Å². The summed E-state index contributed by atoms with van der Waals surface area (Å²) in [4.78, 5) is 11.2. The van der Waals surface area contributed by atoms with Crippen molar-refractivity contribution in [3.8, 4) is 0 Å². The van der Waals surface area contributed by atoms with Crippen molar-refractivity contribution in [3.05, 3.63) is 58.5 Å². The zero-order chi connectivity index (χ0) is 13.7. The average Bonchev–Trinajstić information content (AvgIpc) is 3.15. The number of carbonyl (C=O) groups is 1. The van der Waals surface area contributed by atoms with E-state index in [1.165, 1.54) is 11.1 Å². The van der Waals surface area contributed by atoms with E-state index in [1.807, 2.05) is 6.07 Å². The number of hydrogen-bond donors (Lipinski definition) is 1. The second-order valence-corrected chi connectivity index (χ2v) is 5.47. The van der Waals surface area contributed by atoms with Crippen LogP contribution in [-0.4, -0.2) is 11.1 Å². The Morgan fingerprint density at radius 2 is 2.05 bits per heavy atom. The summed E-state index contributed by atoms with van der Waals surface area (Å²) in [5, 5.41) is 9.24. The highest BCUT2D eigenvalue weighted by Gasteiger charge is 2.35. The van der Waals surface area contributed by atoms with Crippen LogP contribution in [0.25, 0.3) is 0 Å². The molecule has 1 aliphatic heterocycles. The van der Waals surface area contributed by atoms with Crippen molar-refractivity contribution < 1.29 is 19.1 Å². The molecule has 2 aromatic rings. The van der Waals surface area contributed by atoms with Crippen LogP contribution >= 0.6 is 0 Å². The first kappa shape index (κ1) is 11.7. The third kappa shape index (κ3) is 1.61. The molecule has 0 saturated carbocycles. The lowest BCUT2D eigenvalue weighted by atomic mass is 9.93. The molecule has 1 aliphatic carbocycles. The topological polar surface area (TPSA) is 59.7 Å². The molecule has 20 heavy (non-hydrogen) atoms. The van der Waals surface area contributed by atoms with Crippen molar-refractivity contribution in [2.45, 2.75) is 25.6 Å². The molecule has 0 radical (unpaired) electrons. The zero-order valence-corrected chi connectivity index (χ0v) is 10.8. The van der Waals surface area contributed by atoms with Crippen LogP contribution in [0.2, 0.25) is 0 Å². The van der Waals surface area contributed by atoms with E-state index in [9.17, 15) is 9.90 Å². The van der Waals surface area contributed by atoms with E-state index in [2.05, 4.69) is 12.1 Å². The molecule has 0 saturated heterocycles. The smallest absolute Gasteiger partial charge is 0.307 e. The van der Waals surface area contributed by atoms with Gasteiger partial charge >= 0.3 is 5.97 Å². The fourth-order valence-corrected chi connectivity index (χ4v) is 3.35. The number of fused-ring (bicyclic) bond motifs is 3. The highest BCUT2D eigenvalue weighted by molar-refractivity contribution is 5.73. The van der Waals surface area contributed by atoms with Gasteiger partial charge in [-0.25, -0.2) is 0 Å². The highest BCUT2D eigenvalue weighted by atomic mass is 16.5. The SMILES string of the molecule is O=C(O)[C@H]1Cc2ccc3c(c2C1)[C@@H](c1ccoc1)OC3. The summed E-state index contributed by atoms with van der Waals surface area (Å²) in [5.74, 6) is -1.02. The Morgan fingerprint density at radius 1 is 1.20 bits per heavy atom. The summed E-state index contributed by atoms with van der Waals surface area (Å²) in [6, 6.07) is 6.03. The van der Waals surface area contributed by atoms with E-state index in [0.717, 1.165) is 16.7 Å². The fraction of sp³-hybridized carbons (Fsp3) is 0.312. The molecule has 0 bridgehead atoms. The van der Waals surface area contributed by atoms with Gasteiger partial charge < -0.3 is 14.3 Å². The van der Waals surface area contributed by atoms with Crippen LogP contribution in [0.1, 0.15) is 33.9 Å². The summed E-state index contributed by atoms with van der Waals surface area (Å²) in [6.45, 7) is 0.580. The quantitative estimate of drug-likeness (QED) is 0.911. The number of carboxylic acid groups (broad SMARTS) is 1. The molecular formula is C16H14O4. The molecule has 4 nitrogen and oxygen atoms in total. The first-order valence-corrected chi connectivity index (χ1v) is 6.74. The average molecular weight is 270 g/mol. The van der Waals surface area contributed by atoms with Gasteiger partial charge in [-0.05, 0) is 41.2 Å². The van der Waals surface area contributed by atoms with Crippen molar-refractivity contribution in [1.82, 2.24) is 0 Å². The van der Waals surface area contributed by atoms with Gasteiger partial charge in [-0.15, -0.1) is 0 Å². The summed E-state index contributed by atoms with van der Waals surface area (Å²) in [5.41, 5.74) is 5.64. The van der Waals surface area contributed by atoms with Crippen molar-refractivity contribution in [2.75, 3.05) is 0 Å². The molecule has 102 valence electrons. The standard InChI is InChI=1S/C16H14O4/c17-16(18)12-5-9-1-2-10-8-20-15(11-3-4-19-7-11)14(10)13(9)6-12/h1-4,7,12,15H,5-6,8H2,(H,17,18)/t12-,15+/m0/s1. The van der Waals surface area contributed by atoms with Crippen LogP contribution in [0.5, 0.6) is 0 Å². The fourth-order valence-electron chi connectivity index (χ4n) is 3.35. The molecule has 1 aromatic carbocycles. The van der Waals surface area contributed by atoms with Gasteiger partial charge in [-0.3, -0.25) is 4.79 Å². The second kappa shape index (κ2) is 4.21. The third-order valence-corrected chi connectivity index (χ3v) is 4.32. The Morgan fingerprint density at radius 3 is 2.80 bits per heavy atom.